The molecule has 2 aromatic rings. The Morgan fingerprint density at radius 1 is 1.10 bits per heavy atom. The molecule has 0 radical (unpaired) electrons. The van der Waals surface area contributed by atoms with E-state index in [4.69, 9.17) is 9.57 Å². The van der Waals surface area contributed by atoms with Crippen LogP contribution in [0.2, 0.25) is 0 Å². The van der Waals surface area contributed by atoms with Crippen LogP contribution in [-0.4, -0.2) is 18.8 Å². The second-order valence-electron chi connectivity index (χ2n) is 3.98. The minimum atomic E-state index is -0.479. The van der Waals surface area contributed by atoms with Crippen LogP contribution in [0.15, 0.2) is 59.8 Å². The Kier molecular flexibility index (Phi) is 4.89. The summed E-state index contributed by atoms with van der Waals surface area (Å²) in [6.45, 7) is 2.56. The number of oxime groups is 1. The molecule has 0 heterocycles. The molecule has 102 valence electrons. The lowest BCUT2D eigenvalue weighted by Gasteiger charge is -2.02. The van der Waals surface area contributed by atoms with E-state index in [1.165, 1.54) is 6.21 Å². The Labute approximate surface area is 117 Å². The van der Waals surface area contributed by atoms with Gasteiger partial charge in [-0.3, -0.25) is 0 Å². The molecule has 20 heavy (non-hydrogen) atoms. The van der Waals surface area contributed by atoms with E-state index < -0.39 is 5.97 Å². The van der Waals surface area contributed by atoms with Gasteiger partial charge in [0.05, 0.1) is 18.4 Å². The van der Waals surface area contributed by atoms with Gasteiger partial charge in [0.15, 0.2) is 0 Å². The Morgan fingerprint density at radius 3 is 2.45 bits per heavy atom. The molecule has 0 aliphatic rings. The van der Waals surface area contributed by atoms with E-state index >= 15 is 0 Å². The van der Waals surface area contributed by atoms with Crippen molar-refractivity contribution in [3.05, 3.63) is 65.7 Å². The largest absolute Gasteiger partial charge is 0.494 e. The number of benzene rings is 2. The summed E-state index contributed by atoms with van der Waals surface area (Å²) in [7, 11) is 0. The molecule has 0 unspecified atom stereocenters. The predicted molar refractivity (Wildman–Crippen MR) is 77.1 cm³/mol. The zero-order valence-corrected chi connectivity index (χ0v) is 11.2. The number of carbonyl (C=O) groups excluding carboxylic acids is 1. The predicted octanol–water partition coefficient (Wildman–Crippen LogP) is 3.28. The molecule has 2 aromatic carbocycles. The number of hydrogen-bond donors (Lipinski definition) is 0. The van der Waals surface area contributed by atoms with Crippen molar-refractivity contribution in [2.75, 3.05) is 6.61 Å². The van der Waals surface area contributed by atoms with Crippen LogP contribution in [-0.2, 0) is 4.84 Å². The third kappa shape index (κ3) is 3.95. The molecule has 0 aliphatic carbocycles. The fourth-order valence-electron chi connectivity index (χ4n) is 1.58. The summed E-state index contributed by atoms with van der Waals surface area (Å²) in [4.78, 5) is 16.4. The van der Waals surface area contributed by atoms with Crippen LogP contribution in [0.1, 0.15) is 22.8 Å². The summed E-state index contributed by atoms with van der Waals surface area (Å²) >= 11 is 0. The molecule has 0 amide bonds. The lowest BCUT2D eigenvalue weighted by molar-refractivity contribution is 0.0519. The molecular formula is C16H15NO3. The van der Waals surface area contributed by atoms with Crippen LogP contribution < -0.4 is 4.74 Å². The topological polar surface area (TPSA) is 47.9 Å². The molecule has 4 heteroatoms. The van der Waals surface area contributed by atoms with Crippen molar-refractivity contribution in [3.8, 4) is 5.75 Å². The second kappa shape index (κ2) is 7.09. The minimum Gasteiger partial charge on any atom is -0.494 e. The van der Waals surface area contributed by atoms with Crippen molar-refractivity contribution in [1.29, 1.82) is 0 Å². The number of carbonyl (C=O) groups is 1. The van der Waals surface area contributed by atoms with Gasteiger partial charge in [0, 0.05) is 0 Å². The van der Waals surface area contributed by atoms with E-state index in [0.717, 1.165) is 11.3 Å². The maximum atomic E-state index is 11.6. The van der Waals surface area contributed by atoms with Gasteiger partial charge in [-0.1, -0.05) is 23.4 Å². The number of nitrogens with zero attached hydrogens (tertiary/aromatic N) is 1. The average molecular weight is 269 g/mol. The van der Waals surface area contributed by atoms with Gasteiger partial charge in [0.1, 0.15) is 5.75 Å². The van der Waals surface area contributed by atoms with Gasteiger partial charge in [0.2, 0.25) is 0 Å². The van der Waals surface area contributed by atoms with Crippen LogP contribution in [0.3, 0.4) is 0 Å². The molecule has 0 N–H and O–H groups in total. The van der Waals surface area contributed by atoms with Gasteiger partial charge in [-0.15, -0.1) is 0 Å². The Balaban J connectivity index is 1.91. The fourth-order valence-corrected chi connectivity index (χ4v) is 1.58. The monoisotopic (exact) mass is 269 g/mol. The van der Waals surface area contributed by atoms with Gasteiger partial charge in [0.25, 0.3) is 0 Å². The Morgan fingerprint density at radius 2 is 1.80 bits per heavy atom. The smallest absolute Gasteiger partial charge is 0.365 e. The summed E-state index contributed by atoms with van der Waals surface area (Å²) in [5, 5.41) is 3.68. The van der Waals surface area contributed by atoms with Crippen molar-refractivity contribution < 1.29 is 14.4 Å². The molecule has 4 nitrogen and oxygen atoms in total. The fraction of sp³-hybridized carbons (Fsp3) is 0.125. The standard InChI is InChI=1S/C16H15NO3/c1-2-19-15-10-8-13(9-11-15)12-17-20-16(18)14-6-4-3-5-7-14/h3-12H,2H2,1H3. The third-order valence-electron chi connectivity index (χ3n) is 2.54. The van der Waals surface area contributed by atoms with Crippen molar-refractivity contribution in [2.45, 2.75) is 6.92 Å². The molecule has 0 spiro atoms. The molecule has 0 saturated carbocycles. The van der Waals surface area contributed by atoms with Crippen LogP contribution >= 0.6 is 0 Å². The van der Waals surface area contributed by atoms with Gasteiger partial charge >= 0.3 is 5.97 Å². The maximum absolute atomic E-state index is 11.6. The third-order valence-corrected chi connectivity index (χ3v) is 2.54. The average Bonchev–Trinajstić information content (AvgIpc) is 2.50. The number of hydrogen-bond acceptors (Lipinski definition) is 4. The summed E-state index contributed by atoms with van der Waals surface area (Å²) in [5.41, 5.74) is 1.30. The van der Waals surface area contributed by atoms with Crippen LogP contribution in [0.5, 0.6) is 5.75 Å². The highest BCUT2D eigenvalue weighted by Gasteiger charge is 2.04. The van der Waals surface area contributed by atoms with Gasteiger partial charge in [-0.25, -0.2) is 4.79 Å². The van der Waals surface area contributed by atoms with E-state index in [1.807, 2.05) is 37.3 Å². The zero-order valence-electron chi connectivity index (χ0n) is 11.2. The lowest BCUT2D eigenvalue weighted by atomic mass is 10.2. The van der Waals surface area contributed by atoms with E-state index in [0.29, 0.717) is 12.2 Å². The number of rotatable bonds is 5. The lowest BCUT2D eigenvalue weighted by Crippen LogP contribution is -2.00. The van der Waals surface area contributed by atoms with Crippen molar-refractivity contribution in [1.82, 2.24) is 0 Å². The summed E-state index contributed by atoms with van der Waals surface area (Å²) in [6.07, 6.45) is 1.48. The van der Waals surface area contributed by atoms with Crippen LogP contribution in [0.25, 0.3) is 0 Å². The zero-order chi connectivity index (χ0) is 14.2. The normalized spacial score (nSPS) is 10.4. The maximum Gasteiger partial charge on any atom is 0.365 e. The van der Waals surface area contributed by atoms with E-state index in [2.05, 4.69) is 5.16 Å². The first-order valence-corrected chi connectivity index (χ1v) is 6.32. The molecule has 0 aromatic heterocycles. The molecule has 0 aliphatic heterocycles. The summed E-state index contributed by atoms with van der Waals surface area (Å²) in [6, 6.07) is 16.1. The quantitative estimate of drug-likeness (QED) is 0.475. The Bertz CT molecular complexity index is 576. The Hall–Kier alpha value is -2.62. The molecule has 2 rings (SSSR count). The highest BCUT2D eigenvalue weighted by molar-refractivity contribution is 5.90. The number of ether oxygens (including phenoxy) is 1. The highest BCUT2D eigenvalue weighted by atomic mass is 16.7. The van der Waals surface area contributed by atoms with Gasteiger partial charge < -0.3 is 9.57 Å². The van der Waals surface area contributed by atoms with Crippen LogP contribution in [0.4, 0.5) is 0 Å². The van der Waals surface area contributed by atoms with E-state index in [9.17, 15) is 4.79 Å². The molecule has 0 bridgehead atoms. The first kappa shape index (κ1) is 13.8. The minimum absolute atomic E-state index is 0.469. The summed E-state index contributed by atoms with van der Waals surface area (Å²) in [5.74, 6) is 0.318. The second-order valence-corrected chi connectivity index (χ2v) is 3.98. The SMILES string of the molecule is CCOc1ccc(C=NOC(=O)c2ccccc2)cc1. The van der Waals surface area contributed by atoms with Crippen molar-refractivity contribution >= 4 is 12.2 Å². The van der Waals surface area contributed by atoms with Gasteiger partial charge in [-0.2, -0.15) is 0 Å². The van der Waals surface area contributed by atoms with Crippen LogP contribution in [0, 0.1) is 0 Å². The molecule has 0 fully saturated rings. The molecule has 0 atom stereocenters. The van der Waals surface area contributed by atoms with E-state index in [1.54, 1.807) is 24.3 Å². The van der Waals surface area contributed by atoms with Gasteiger partial charge in [-0.05, 0) is 48.9 Å². The van der Waals surface area contributed by atoms with Crippen molar-refractivity contribution in [3.63, 3.8) is 0 Å². The summed E-state index contributed by atoms with van der Waals surface area (Å²) < 4.78 is 5.33. The van der Waals surface area contributed by atoms with Crippen molar-refractivity contribution in [2.24, 2.45) is 5.16 Å². The molecular weight excluding hydrogens is 254 g/mol. The molecule has 0 saturated heterocycles. The highest BCUT2D eigenvalue weighted by Crippen LogP contribution is 2.10. The first-order valence-electron chi connectivity index (χ1n) is 6.32. The first-order chi connectivity index (χ1) is 9.79. The van der Waals surface area contributed by atoms with E-state index in [-0.39, 0.29) is 0 Å².